The molecule has 3 atom stereocenters. The highest BCUT2D eigenvalue weighted by Gasteiger charge is 2.38. The molecule has 1 saturated carbocycles. The van der Waals surface area contributed by atoms with Crippen LogP contribution in [0.4, 0.5) is 5.69 Å². The van der Waals surface area contributed by atoms with Crippen LogP contribution < -0.4 is 5.32 Å². The number of carboxylic acid groups (broad SMARTS) is 1. The number of aryl methyl sites for hydroxylation is 2. The van der Waals surface area contributed by atoms with Gasteiger partial charge in [-0.2, -0.15) is 0 Å². The second kappa shape index (κ2) is 6.29. The Morgan fingerprint density at radius 1 is 1.14 bits per heavy atom. The molecule has 3 unspecified atom stereocenters. The van der Waals surface area contributed by atoms with Crippen molar-refractivity contribution in [3.63, 3.8) is 0 Å². The summed E-state index contributed by atoms with van der Waals surface area (Å²) in [7, 11) is 0. The Hall–Kier alpha value is -1.84. The predicted molar refractivity (Wildman–Crippen MR) is 82.2 cm³/mol. The van der Waals surface area contributed by atoms with Gasteiger partial charge in [0.25, 0.3) is 0 Å². The molecule has 1 aliphatic carbocycles. The number of rotatable bonds is 3. The molecule has 4 nitrogen and oxygen atoms in total. The number of hydrogen-bond acceptors (Lipinski definition) is 2. The zero-order chi connectivity index (χ0) is 15.6. The third-order valence-corrected chi connectivity index (χ3v) is 4.54. The molecule has 21 heavy (non-hydrogen) atoms. The first kappa shape index (κ1) is 15.5. The Balaban J connectivity index is 2.10. The van der Waals surface area contributed by atoms with Crippen LogP contribution in [0, 0.1) is 31.6 Å². The van der Waals surface area contributed by atoms with E-state index in [4.69, 9.17) is 0 Å². The normalized spacial score (nSPS) is 25.4. The lowest BCUT2D eigenvalue weighted by molar-refractivity contribution is -0.148. The molecular weight excluding hydrogens is 266 g/mol. The van der Waals surface area contributed by atoms with Crippen molar-refractivity contribution in [2.45, 2.75) is 40.0 Å². The maximum Gasteiger partial charge on any atom is 0.307 e. The lowest BCUT2D eigenvalue weighted by Crippen LogP contribution is -2.38. The van der Waals surface area contributed by atoms with Crippen LogP contribution in [-0.4, -0.2) is 17.0 Å². The van der Waals surface area contributed by atoms with Gasteiger partial charge in [-0.05, 0) is 62.3 Å². The SMILES string of the molecule is Cc1ccc(NC(=O)C2CCC(C)CC2C(=O)O)cc1C. The Morgan fingerprint density at radius 2 is 1.86 bits per heavy atom. The zero-order valence-corrected chi connectivity index (χ0v) is 12.8. The summed E-state index contributed by atoms with van der Waals surface area (Å²) in [6.07, 6.45) is 2.14. The number of carbonyl (C=O) groups excluding carboxylic acids is 1. The second-order valence-corrected chi connectivity index (χ2v) is 6.26. The third-order valence-electron chi connectivity index (χ3n) is 4.54. The van der Waals surface area contributed by atoms with Crippen molar-refractivity contribution in [2.24, 2.45) is 17.8 Å². The summed E-state index contributed by atoms with van der Waals surface area (Å²) in [6, 6.07) is 5.75. The van der Waals surface area contributed by atoms with E-state index >= 15 is 0 Å². The van der Waals surface area contributed by atoms with Crippen LogP contribution in [-0.2, 0) is 9.59 Å². The summed E-state index contributed by atoms with van der Waals surface area (Å²) in [4.78, 5) is 23.8. The molecule has 4 heteroatoms. The van der Waals surface area contributed by atoms with E-state index in [9.17, 15) is 14.7 Å². The number of carbonyl (C=O) groups is 2. The molecule has 1 amide bonds. The number of benzene rings is 1. The van der Waals surface area contributed by atoms with Gasteiger partial charge in [0.05, 0.1) is 11.8 Å². The van der Waals surface area contributed by atoms with Gasteiger partial charge in [-0.1, -0.05) is 13.0 Å². The van der Waals surface area contributed by atoms with Gasteiger partial charge < -0.3 is 10.4 Å². The van der Waals surface area contributed by atoms with Crippen LogP contribution in [0.3, 0.4) is 0 Å². The highest BCUT2D eigenvalue weighted by atomic mass is 16.4. The summed E-state index contributed by atoms with van der Waals surface area (Å²) in [6.45, 7) is 6.06. The minimum atomic E-state index is -0.859. The summed E-state index contributed by atoms with van der Waals surface area (Å²) < 4.78 is 0. The standard InChI is InChI=1S/C17H23NO3/c1-10-4-7-14(15(8-10)17(20)21)16(19)18-13-6-5-11(2)12(3)9-13/h5-6,9-10,14-15H,4,7-8H2,1-3H3,(H,18,19)(H,20,21). The summed E-state index contributed by atoms with van der Waals surface area (Å²) in [5.41, 5.74) is 3.02. The van der Waals surface area contributed by atoms with Crippen molar-refractivity contribution in [3.8, 4) is 0 Å². The zero-order valence-electron chi connectivity index (χ0n) is 12.8. The maximum absolute atomic E-state index is 12.4. The van der Waals surface area contributed by atoms with Crippen molar-refractivity contribution < 1.29 is 14.7 Å². The highest BCUT2D eigenvalue weighted by Crippen LogP contribution is 2.34. The topological polar surface area (TPSA) is 66.4 Å². The van der Waals surface area contributed by atoms with Gasteiger partial charge >= 0.3 is 5.97 Å². The molecule has 1 aromatic rings. The second-order valence-electron chi connectivity index (χ2n) is 6.26. The van der Waals surface area contributed by atoms with Crippen LogP contribution >= 0.6 is 0 Å². The van der Waals surface area contributed by atoms with Crippen molar-refractivity contribution in [1.29, 1.82) is 0 Å². The summed E-state index contributed by atoms with van der Waals surface area (Å²) in [5.74, 6) is -1.66. The van der Waals surface area contributed by atoms with Crippen molar-refractivity contribution in [1.82, 2.24) is 0 Å². The Labute approximate surface area is 125 Å². The number of aliphatic carboxylic acids is 1. The van der Waals surface area contributed by atoms with E-state index in [1.165, 1.54) is 5.56 Å². The number of nitrogens with one attached hydrogen (secondary N) is 1. The first-order valence-corrected chi connectivity index (χ1v) is 7.49. The largest absolute Gasteiger partial charge is 0.481 e. The lowest BCUT2D eigenvalue weighted by atomic mass is 9.74. The quantitative estimate of drug-likeness (QED) is 0.896. The minimum Gasteiger partial charge on any atom is -0.481 e. The molecule has 0 saturated heterocycles. The molecule has 0 spiro atoms. The van der Waals surface area contributed by atoms with Gasteiger partial charge in [0.1, 0.15) is 0 Å². The van der Waals surface area contributed by atoms with Gasteiger partial charge in [-0.25, -0.2) is 0 Å². The monoisotopic (exact) mass is 289 g/mol. The van der Waals surface area contributed by atoms with Crippen molar-refractivity contribution in [2.75, 3.05) is 5.32 Å². The van der Waals surface area contributed by atoms with Gasteiger partial charge in [0, 0.05) is 5.69 Å². The molecule has 0 heterocycles. The third kappa shape index (κ3) is 3.63. The van der Waals surface area contributed by atoms with Gasteiger partial charge in [-0.15, -0.1) is 0 Å². The predicted octanol–water partition coefficient (Wildman–Crippen LogP) is 3.38. The van der Waals surface area contributed by atoms with Crippen LogP contribution in [0.25, 0.3) is 0 Å². The van der Waals surface area contributed by atoms with E-state index in [-0.39, 0.29) is 5.91 Å². The fourth-order valence-corrected chi connectivity index (χ4v) is 3.02. The molecule has 1 aromatic carbocycles. The fourth-order valence-electron chi connectivity index (χ4n) is 3.02. The molecule has 1 aliphatic rings. The van der Waals surface area contributed by atoms with Gasteiger partial charge in [0.15, 0.2) is 0 Å². The molecule has 2 N–H and O–H groups in total. The molecule has 0 aliphatic heterocycles. The minimum absolute atomic E-state index is 0.169. The lowest BCUT2D eigenvalue weighted by Gasteiger charge is -2.31. The molecule has 0 bridgehead atoms. The van der Waals surface area contributed by atoms with Gasteiger partial charge in [-0.3, -0.25) is 9.59 Å². The van der Waals surface area contributed by atoms with Crippen LogP contribution in [0.2, 0.25) is 0 Å². The van der Waals surface area contributed by atoms with Crippen LogP contribution in [0.15, 0.2) is 18.2 Å². The van der Waals surface area contributed by atoms with E-state index in [0.717, 1.165) is 17.7 Å². The number of hydrogen-bond donors (Lipinski definition) is 2. The number of amides is 1. The molecule has 114 valence electrons. The van der Waals surface area contributed by atoms with E-state index < -0.39 is 17.8 Å². The van der Waals surface area contributed by atoms with Crippen LogP contribution in [0.1, 0.15) is 37.3 Å². The molecule has 1 fully saturated rings. The average molecular weight is 289 g/mol. The fraction of sp³-hybridized carbons (Fsp3) is 0.529. The molecule has 0 aromatic heterocycles. The Bertz CT molecular complexity index is 553. The maximum atomic E-state index is 12.4. The van der Waals surface area contributed by atoms with E-state index in [1.807, 2.05) is 39.0 Å². The van der Waals surface area contributed by atoms with Gasteiger partial charge in [0.2, 0.25) is 5.91 Å². The Morgan fingerprint density at radius 3 is 2.48 bits per heavy atom. The number of carboxylic acids is 1. The first-order chi connectivity index (χ1) is 9.88. The Kier molecular flexibility index (Phi) is 4.66. The number of anilines is 1. The molecule has 0 radical (unpaired) electrons. The molecular formula is C17H23NO3. The van der Waals surface area contributed by atoms with Crippen molar-refractivity contribution >= 4 is 17.6 Å². The highest BCUT2D eigenvalue weighted by molar-refractivity contribution is 5.95. The van der Waals surface area contributed by atoms with E-state index in [2.05, 4.69) is 5.32 Å². The first-order valence-electron chi connectivity index (χ1n) is 7.49. The van der Waals surface area contributed by atoms with E-state index in [1.54, 1.807) is 0 Å². The smallest absolute Gasteiger partial charge is 0.307 e. The van der Waals surface area contributed by atoms with Crippen LogP contribution in [0.5, 0.6) is 0 Å². The van der Waals surface area contributed by atoms with Crippen molar-refractivity contribution in [3.05, 3.63) is 29.3 Å². The summed E-state index contributed by atoms with van der Waals surface area (Å²) in [5, 5.41) is 12.2. The van der Waals surface area contributed by atoms with E-state index in [0.29, 0.717) is 18.8 Å². The average Bonchev–Trinajstić information content (AvgIpc) is 2.42. The molecule has 2 rings (SSSR count). The summed E-state index contributed by atoms with van der Waals surface area (Å²) >= 11 is 0.